The molecular formula is C12H12O3S. The normalized spacial score (nSPS) is 9.12. The summed E-state index contributed by atoms with van der Waals surface area (Å²) in [6.07, 6.45) is -0.0411. The van der Waals surface area contributed by atoms with Gasteiger partial charge in [-0.05, 0) is 17.7 Å². The molecule has 0 aliphatic carbocycles. The first-order valence-corrected chi connectivity index (χ1v) is 5.29. The summed E-state index contributed by atoms with van der Waals surface area (Å²) in [6, 6.07) is 5.17. The van der Waals surface area contributed by atoms with Gasteiger partial charge in [0.25, 0.3) is 0 Å². The van der Waals surface area contributed by atoms with Gasteiger partial charge in [-0.1, -0.05) is 17.9 Å². The fourth-order valence-corrected chi connectivity index (χ4v) is 1.33. The molecule has 1 aromatic rings. The highest BCUT2D eigenvalue weighted by Crippen LogP contribution is 2.17. The van der Waals surface area contributed by atoms with Crippen molar-refractivity contribution in [3.8, 4) is 17.6 Å². The zero-order valence-electron chi connectivity index (χ0n) is 8.86. The SMILES string of the molecule is COc1ccc(CC(=O)O)c(C#CCS)c1. The maximum atomic E-state index is 10.7. The number of ether oxygens (including phenoxy) is 1. The van der Waals surface area contributed by atoms with Crippen LogP contribution in [-0.2, 0) is 11.2 Å². The zero-order valence-corrected chi connectivity index (χ0v) is 9.75. The predicted octanol–water partition coefficient (Wildman–Crippen LogP) is 1.60. The molecule has 0 heterocycles. The Morgan fingerprint density at radius 1 is 1.56 bits per heavy atom. The van der Waals surface area contributed by atoms with E-state index < -0.39 is 5.97 Å². The number of aliphatic carboxylic acids is 1. The Morgan fingerprint density at radius 2 is 2.31 bits per heavy atom. The molecule has 0 spiro atoms. The monoisotopic (exact) mass is 236 g/mol. The van der Waals surface area contributed by atoms with Crippen molar-refractivity contribution in [1.29, 1.82) is 0 Å². The molecule has 0 radical (unpaired) electrons. The number of benzene rings is 1. The summed E-state index contributed by atoms with van der Waals surface area (Å²) >= 11 is 3.98. The maximum absolute atomic E-state index is 10.7. The van der Waals surface area contributed by atoms with Crippen LogP contribution in [0.25, 0.3) is 0 Å². The number of rotatable bonds is 3. The number of hydrogen-bond acceptors (Lipinski definition) is 3. The number of thiol groups is 1. The van der Waals surface area contributed by atoms with Gasteiger partial charge in [0.2, 0.25) is 0 Å². The molecule has 1 rings (SSSR count). The molecule has 0 saturated carbocycles. The van der Waals surface area contributed by atoms with E-state index in [9.17, 15) is 4.79 Å². The van der Waals surface area contributed by atoms with Gasteiger partial charge in [-0.2, -0.15) is 12.6 Å². The van der Waals surface area contributed by atoms with E-state index >= 15 is 0 Å². The van der Waals surface area contributed by atoms with Crippen molar-refractivity contribution >= 4 is 18.6 Å². The summed E-state index contributed by atoms with van der Waals surface area (Å²) in [7, 11) is 1.56. The highest BCUT2D eigenvalue weighted by Gasteiger charge is 2.06. The Balaban J connectivity index is 3.10. The third-order valence-electron chi connectivity index (χ3n) is 1.96. The molecule has 84 valence electrons. The summed E-state index contributed by atoms with van der Waals surface area (Å²) in [5.74, 6) is 5.89. The lowest BCUT2D eigenvalue weighted by Crippen LogP contribution is -2.02. The quantitative estimate of drug-likeness (QED) is 0.619. The minimum absolute atomic E-state index is 0.0411. The largest absolute Gasteiger partial charge is 0.497 e. The minimum atomic E-state index is -0.876. The topological polar surface area (TPSA) is 46.5 Å². The van der Waals surface area contributed by atoms with Crippen LogP contribution in [0, 0.1) is 11.8 Å². The van der Waals surface area contributed by atoms with Crippen molar-refractivity contribution in [3.05, 3.63) is 29.3 Å². The van der Waals surface area contributed by atoms with E-state index in [0.717, 1.165) is 0 Å². The lowest BCUT2D eigenvalue weighted by atomic mass is 10.0. The molecule has 0 atom stereocenters. The Bertz CT molecular complexity index is 443. The average molecular weight is 236 g/mol. The molecule has 1 aromatic carbocycles. The van der Waals surface area contributed by atoms with Crippen LogP contribution in [0.4, 0.5) is 0 Å². The Kier molecular flexibility index (Phi) is 4.74. The van der Waals surface area contributed by atoms with Crippen LogP contribution in [0.5, 0.6) is 5.75 Å². The van der Waals surface area contributed by atoms with Crippen LogP contribution < -0.4 is 4.74 Å². The fraction of sp³-hybridized carbons (Fsp3) is 0.250. The van der Waals surface area contributed by atoms with Gasteiger partial charge in [-0.3, -0.25) is 4.79 Å². The van der Waals surface area contributed by atoms with E-state index in [1.54, 1.807) is 25.3 Å². The smallest absolute Gasteiger partial charge is 0.307 e. The second-order valence-corrected chi connectivity index (χ2v) is 3.37. The molecule has 16 heavy (non-hydrogen) atoms. The fourth-order valence-electron chi connectivity index (χ4n) is 1.25. The summed E-state index contributed by atoms with van der Waals surface area (Å²) in [5, 5.41) is 8.75. The second kappa shape index (κ2) is 6.09. The number of carbonyl (C=O) groups is 1. The summed E-state index contributed by atoms with van der Waals surface area (Å²) in [4.78, 5) is 10.7. The van der Waals surface area contributed by atoms with Gasteiger partial charge >= 0.3 is 5.97 Å². The number of carboxylic acids is 1. The van der Waals surface area contributed by atoms with Crippen LogP contribution in [-0.4, -0.2) is 23.9 Å². The first-order chi connectivity index (χ1) is 7.67. The van der Waals surface area contributed by atoms with E-state index in [1.165, 1.54) is 0 Å². The standard InChI is InChI=1S/C12H12O3S/c1-15-11-5-4-10(8-12(13)14)9(7-11)3-2-6-16/h4-5,7,16H,6,8H2,1H3,(H,13,14). The third kappa shape index (κ3) is 3.52. The summed E-state index contributed by atoms with van der Waals surface area (Å²) in [5.41, 5.74) is 1.36. The Labute approximate surface area is 99.8 Å². The molecule has 4 heteroatoms. The molecule has 0 bridgehead atoms. The van der Waals surface area contributed by atoms with Gasteiger partial charge < -0.3 is 9.84 Å². The molecule has 0 aliphatic heterocycles. The third-order valence-corrected chi connectivity index (χ3v) is 2.12. The van der Waals surface area contributed by atoms with Crippen molar-refractivity contribution in [1.82, 2.24) is 0 Å². The van der Waals surface area contributed by atoms with Gasteiger partial charge in [0.15, 0.2) is 0 Å². The van der Waals surface area contributed by atoms with E-state index in [4.69, 9.17) is 9.84 Å². The average Bonchev–Trinajstić information content (AvgIpc) is 2.27. The van der Waals surface area contributed by atoms with Crippen LogP contribution in [0.2, 0.25) is 0 Å². The predicted molar refractivity (Wildman–Crippen MR) is 65.1 cm³/mol. The van der Waals surface area contributed by atoms with Gasteiger partial charge in [0.1, 0.15) is 5.75 Å². The molecule has 0 fully saturated rings. The summed E-state index contributed by atoms with van der Waals surface area (Å²) < 4.78 is 5.06. The molecule has 0 unspecified atom stereocenters. The first kappa shape index (κ1) is 12.5. The Morgan fingerprint density at radius 3 is 2.88 bits per heavy atom. The maximum Gasteiger partial charge on any atom is 0.307 e. The lowest BCUT2D eigenvalue weighted by Gasteiger charge is -2.05. The summed E-state index contributed by atoms with van der Waals surface area (Å²) in [6.45, 7) is 0. The van der Waals surface area contributed by atoms with E-state index in [2.05, 4.69) is 24.5 Å². The lowest BCUT2D eigenvalue weighted by molar-refractivity contribution is -0.136. The molecule has 0 amide bonds. The molecule has 0 aliphatic rings. The Hall–Kier alpha value is -1.60. The van der Waals surface area contributed by atoms with Crippen molar-refractivity contribution < 1.29 is 14.6 Å². The molecule has 1 N–H and O–H groups in total. The van der Waals surface area contributed by atoms with Crippen LogP contribution in [0.3, 0.4) is 0 Å². The molecular weight excluding hydrogens is 224 g/mol. The van der Waals surface area contributed by atoms with E-state index in [-0.39, 0.29) is 6.42 Å². The highest BCUT2D eigenvalue weighted by molar-refractivity contribution is 7.80. The minimum Gasteiger partial charge on any atom is -0.497 e. The van der Waals surface area contributed by atoms with Crippen LogP contribution >= 0.6 is 12.6 Å². The van der Waals surface area contributed by atoms with Crippen molar-refractivity contribution in [2.24, 2.45) is 0 Å². The number of methoxy groups -OCH3 is 1. The zero-order chi connectivity index (χ0) is 12.0. The van der Waals surface area contributed by atoms with E-state index in [0.29, 0.717) is 22.6 Å². The van der Waals surface area contributed by atoms with Crippen molar-refractivity contribution in [2.75, 3.05) is 12.9 Å². The van der Waals surface area contributed by atoms with Gasteiger partial charge in [0.05, 0.1) is 19.3 Å². The van der Waals surface area contributed by atoms with E-state index in [1.807, 2.05) is 0 Å². The van der Waals surface area contributed by atoms with Gasteiger partial charge in [-0.15, -0.1) is 0 Å². The molecule has 3 nitrogen and oxygen atoms in total. The van der Waals surface area contributed by atoms with Crippen LogP contribution in [0.1, 0.15) is 11.1 Å². The van der Waals surface area contributed by atoms with Crippen molar-refractivity contribution in [2.45, 2.75) is 6.42 Å². The van der Waals surface area contributed by atoms with Crippen molar-refractivity contribution in [3.63, 3.8) is 0 Å². The van der Waals surface area contributed by atoms with Gasteiger partial charge in [-0.25, -0.2) is 0 Å². The highest BCUT2D eigenvalue weighted by atomic mass is 32.1. The number of carboxylic acid groups (broad SMARTS) is 1. The molecule has 0 aromatic heterocycles. The first-order valence-electron chi connectivity index (χ1n) is 4.66. The second-order valence-electron chi connectivity index (χ2n) is 3.05. The van der Waals surface area contributed by atoms with Crippen LogP contribution in [0.15, 0.2) is 18.2 Å². The molecule has 0 saturated heterocycles. The number of hydrogen-bond donors (Lipinski definition) is 2. The van der Waals surface area contributed by atoms with Gasteiger partial charge in [0, 0.05) is 5.56 Å².